The summed E-state index contributed by atoms with van der Waals surface area (Å²) in [7, 11) is 1.24. The van der Waals surface area contributed by atoms with Gasteiger partial charge in [0, 0.05) is 18.3 Å². The van der Waals surface area contributed by atoms with Gasteiger partial charge in [0.1, 0.15) is 6.04 Å². The minimum absolute atomic E-state index is 0.171. The minimum atomic E-state index is -0.829. The Kier molecular flexibility index (Phi) is 3.59. The number of rotatable bonds is 2. The second kappa shape index (κ2) is 5.17. The van der Waals surface area contributed by atoms with Gasteiger partial charge < -0.3 is 4.74 Å². The number of pyridine rings is 1. The summed E-state index contributed by atoms with van der Waals surface area (Å²) < 4.78 is 4.63. The molecule has 0 N–H and O–H groups in total. The largest absolute Gasteiger partial charge is 0.467 e. The highest BCUT2D eigenvalue weighted by atomic mass is 16.5. The quantitative estimate of drug-likeness (QED) is 0.579. The Bertz CT molecular complexity index is 541. The number of carbonyl (C=O) groups excluding carboxylic acids is 3. The van der Waals surface area contributed by atoms with E-state index in [1.807, 2.05) is 0 Å². The van der Waals surface area contributed by atoms with Crippen LogP contribution in [0.25, 0.3) is 0 Å². The third-order valence-electron chi connectivity index (χ3n) is 3.14. The van der Waals surface area contributed by atoms with Crippen LogP contribution in [0.5, 0.6) is 0 Å². The third-order valence-corrected chi connectivity index (χ3v) is 3.14. The predicted octanol–water partition coefficient (Wildman–Crippen LogP) is 0.694. The molecule has 0 bridgehead atoms. The molecule has 0 aliphatic carbocycles. The van der Waals surface area contributed by atoms with Crippen molar-refractivity contribution in [1.82, 2.24) is 9.88 Å². The molecule has 100 valence electrons. The smallest absolute Gasteiger partial charge is 0.329 e. The Morgan fingerprint density at radius 1 is 1.47 bits per heavy atom. The van der Waals surface area contributed by atoms with Crippen molar-refractivity contribution in [2.45, 2.75) is 25.8 Å². The molecule has 1 aromatic rings. The first-order valence-electron chi connectivity index (χ1n) is 5.92. The lowest BCUT2D eigenvalue weighted by molar-refractivity contribution is -0.147. The van der Waals surface area contributed by atoms with Crippen molar-refractivity contribution in [3.05, 3.63) is 29.6 Å². The number of nitrogens with zero attached hydrogens (tertiary/aromatic N) is 2. The van der Waals surface area contributed by atoms with Crippen LogP contribution in [0.4, 0.5) is 0 Å². The number of aromatic nitrogens is 1. The monoisotopic (exact) mass is 262 g/mol. The number of hydrogen-bond acceptors (Lipinski definition) is 5. The van der Waals surface area contributed by atoms with E-state index in [0.717, 1.165) is 4.90 Å². The SMILES string of the molecule is COC(=O)[C@@H]1CCC(=O)N1C(=O)c1cccnc1C. The highest BCUT2D eigenvalue weighted by Crippen LogP contribution is 2.23. The Morgan fingerprint density at radius 2 is 2.21 bits per heavy atom. The second-order valence-electron chi connectivity index (χ2n) is 4.28. The van der Waals surface area contributed by atoms with Gasteiger partial charge in [-0.2, -0.15) is 0 Å². The molecule has 0 unspecified atom stereocenters. The zero-order chi connectivity index (χ0) is 14.0. The van der Waals surface area contributed by atoms with Gasteiger partial charge in [0.25, 0.3) is 5.91 Å². The maximum Gasteiger partial charge on any atom is 0.329 e. The molecule has 1 aliphatic heterocycles. The van der Waals surface area contributed by atoms with Gasteiger partial charge in [-0.15, -0.1) is 0 Å². The molecule has 1 aromatic heterocycles. The molecule has 1 fully saturated rings. The van der Waals surface area contributed by atoms with E-state index in [4.69, 9.17) is 0 Å². The van der Waals surface area contributed by atoms with Crippen LogP contribution in [0.2, 0.25) is 0 Å². The number of carbonyl (C=O) groups is 3. The molecule has 6 nitrogen and oxygen atoms in total. The summed E-state index contributed by atoms with van der Waals surface area (Å²) >= 11 is 0. The highest BCUT2D eigenvalue weighted by Gasteiger charge is 2.41. The van der Waals surface area contributed by atoms with Gasteiger partial charge in [-0.05, 0) is 25.5 Å². The average molecular weight is 262 g/mol. The molecule has 6 heteroatoms. The number of likely N-dealkylation sites (tertiary alicyclic amines) is 1. The van der Waals surface area contributed by atoms with Gasteiger partial charge in [-0.1, -0.05) is 0 Å². The second-order valence-corrected chi connectivity index (χ2v) is 4.28. The number of ether oxygens (including phenoxy) is 1. The van der Waals surface area contributed by atoms with Gasteiger partial charge in [0.15, 0.2) is 0 Å². The van der Waals surface area contributed by atoms with Crippen LogP contribution in [-0.2, 0) is 14.3 Å². The van der Waals surface area contributed by atoms with E-state index >= 15 is 0 Å². The summed E-state index contributed by atoms with van der Waals surface area (Å²) in [5.41, 5.74) is 0.850. The summed E-state index contributed by atoms with van der Waals surface area (Å²) in [6.45, 7) is 1.68. The van der Waals surface area contributed by atoms with Crippen molar-refractivity contribution in [2.75, 3.05) is 7.11 Å². The van der Waals surface area contributed by atoms with Crippen molar-refractivity contribution in [3.8, 4) is 0 Å². The van der Waals surface area contributed by atoms with E-state index in [-0.39, 0.29) is 12.3 Å². The van der Waals surface area contributed by atoms with Crippen molar-refractivity contribution in [1.29, 1.82) is 0 Å². The summed E-state index contributed by atoms with van der Waals surface area (Å²) in [4.78, 5) is 40.8. The molecule has 1 aliphatic rings. The zero-order valence-electron chi connectivity index (χ0n) is 10.8. The molecule has 2 rings (SSSR count). The predicted molar refractivity (Wildman–Crippen MR) is 65.2 cm³/mol. The molecule has 0 saturated carbocycles. The standard InChI is InChI=1S/C13H14N2O4/c1-8-9(4-3-7-14-8)12(17)15-10(13(18)19-2)5-6-11(15)16/h3-4,7,10H,5-6H2,1-2H3/t10-/m0/s1. The fraction of sp³-hybridized carbons (Fsp3) is 0.385. The summed E-state index contributed by atoms with van der Waals surface area (Å²) in [5.74, 6) is -1.42. The van der Waals surface area contributed by atoms with Crippen LogP contribution in [0, 0.1) is 6.92 Å². The van der Waals surface area contributed by atoms with Crippen LogP contribution in [0.15, 0.2) is 18.3 Å². The van der Waals surface area contributed by atoms with E-state index in [9.17, 15) is 14.4 Å². The molecule has 0 spiro atoms. The van der Waals surface area contributed by atoms with Crippen molar-refractivity contribution in [3.63, 3.8) is 0 Å². The van der Waals surface area contributed by atoms with Crippen molar-refractivity contribution < 1.29 is 19.1 Å². The summed E-state index contributed by atoms with van der Waals surface area (Å²) in [5, 5.41) is 0. The first kappa shape index (κ1) is 13.2. The number of imide groups is 1. The van der Waals surface area contributed by atoms with Crippen molar-refractivity contribution in [2.24, 2.45) is 0 Å². The Morgan fingerprint density at radius 3 is 2.84 bits per heavy atom. The lowest BCUT2D eigenvalue weighted by atomic mass is 10.1. The van der Waals surface area contributed by atoms with Crippen LogP contribution >= 0.6 is 0 Å². The van der Waals surface area contributed by atoms with Gasteiger partial charge >= 0.3 is 5.97 Å². The molecule has 0 radical (unpaired) electrons. The van der Waals surface area contributed by atoms with Crippen LogP contribution in [0.3, 0.4) is 0 Å². The molecule has 19 heavy (non-hydrogen) atoms. The molecular formula is C13H14N2O4. The van der Waals surface area contributed by atoms with E-state index in [1.54, 1.807) is 25.3 Å². The van der Waals surface area contributed by atoms with E-state index in [2.05, 4.69) is 9.72 Å². The first-order chi connectivity index (χ1) is 9.06. The number of methoxy groups -OCH3 is 1. The molecule has 1 atom stereocenters. The molecular weight excluding hydrogens is 248 g/mol. The third kappa shape index (κ3) is 2.33. The van der Waals surface area contributed by atoms with Crippen molar-refractivity contribution >= 4 is 17.8 Å². The number of hydrogen-bond donors (Lipinski definition) is 0. The average Bonchev–Trinajstić information content (AvgIpc) is 2.79. The topological polar surface area (TPSA) is 76.6 Å². The molecule has 1 saturated heterocycles. The Hall–Kier alpha value is -2.24. The number of aryl methyl sites for hydroxylation is 1. The Labute approximate surface area is 110 Å². The Balaban J connectivity index is 2.33. The lowest BCUT2D eigenvalue weighted by Crippen LogP contribution is -2.43. The van der Waals surface area contributed by atoms with Gasteiger partial charge in [-0.3, -0.25) is 19.5 Å². The normalized spacial score (nSPS) is 18.5. The summed E-state index contributed by atoms with van der Waals surface area (Å²) in [6, 6.07) is 2.38. The van der Waals surface area contributed by atoms with Crippen LogP contribution in [0.1, 0.15) is 28.9 Å². The maximum absolute atomic E-state index is 12.4. The highest BCUT2D eigenvalue weighted by molar-refractivity contribution is 6.09. The van der Waals surface area contributed by atoms with E-state index < -0.39 is 17.9 Å². The van der Waals surface area contributed by atoms with Crippen LogP contribution < -0.4 is 0 Å². The zero-order valence-corrected chi connectivity index (χ0v) is 10.8. The van der Waals surface area contributed by atoms with Gasteiger partial charge in [0.05, 0.1) is 12.7 Å². The summed E-state index contributed by atoms with van der Waals surface area (Å²) in [6.07, 6.45) is 2.04. The van der Waals surface area contributed by atoms with Gasteiger partial charge in [-0.25, -0.2) is 4.79 Å². The van der Waals surface area contributed by atoms with Crippen LogP contribution in [-0.4, -0.2) is 40.8 Å². The molecule has 0 aromatic carbocycles. The molecule has 2 amide bonds. The fourth-order valence-electron chi connectivity index (χ4n) is 2.14. The number of esters is 1. The first-order valence-corrected chi connectivity index (χ1v) is 5.92. The maximum atomic E-state index is 12.4. The van der Waals surface area contributed by atoms with Gasteiger partial charge in [0.2, 0.25) is 5.91 Å². The van der Waals surface area contributed by atoms with E-state index in [0.29, 0.717) is 17.7 Å². The lowest BCUT2D eigenvalue weighted by Gasteiger charge is -2.21. The fourth-order valence-corrected chi connectivity index (χ4v) is 2.14. The minimum Gasteiger partial charge on any atom is -0.467 e. The molecule has 2 heterocycles. The number of amides is 2. The van der Waals surface area contributed by atoms with E-state index in [1.165, 1.54) is 7.11 Å².